The summed E-state index contributed by atoms with van der Waals surface area (Å²) in [6.07, 6.45) is 5.08. The molecule has 0 aromatic carbocycles. The zero-order valence-electron chi connectivity index (χ0n) is 6.61. The molecule has 0 bridgehead atoms. The molecule has 0 saturated carbocycles. The molecule has 1 atom stereocenters. The van der Waals surface area contributed by atoms with Crippen LogP contribution in [0.1, 0.15) is 39.0 Å². The van der Waals surface area contributed by atoms with Crippen LogP contribution in [0.25, 0.3) is 0 Å². The Morgan fingerprint density at radius 2 is 2.00 bits per heavy atom. The highest BCUT2D eigenvalue weighted by Gasteiger charge is 1.99. The predicted octanol–water partition coefficient (Wildman–Crippen LogP) is 2.99. The van der Waals surface area contributed by atoms with Crippen LogP contribution in [0.3, 0.4) is 0 Å². The number of halogens is 1. The molecular formula is C8H16ClO. The summed E-state index contributed by atoms with van der Waals surface area (Å²) in [6, 6.07) is 0. The fourth-order valence-corrected chi connectivity index (χ4v) is 1.00. The van der Waals surface area contributed by atoms with Crippen LogP contribution in [0.2, 0.25) is 0 Å². The Morgan fingerprint density at radius 1 is 1.30 bits per heavy atom. The van der Waals surface area contributed by atoms with Gasteiger partial charge in [0.1, 0.15) is 0 Å². The molecule has 10 heavy (non-hydrogen) atoms. The summed E-state index contributed by atoms with van der Waals surface area (Å²) < 4.78 is 0. The van der Waals surface area contributed by atoms with E-state index in [1.807, 2.05) is 0 Å². The van der Waals surface area contributed by atoms with Crippen molar-refractivity contribution in [1.29, 1.82) is 0 Å². The molecule has 0 amide bonds. The summed E-state index contributed by atoms with van der Waals surface area (Å²) in [5, 5.41) is 10.3. The van der Waals surface area contributed by atoms with Crippen molar-refractivity contribution in [2.75, 3.05) is 6.61 Å². The number of hydrogen-bond donors (Lipinski definition) is 0. The van der Waals surface area contributed by atoms with Crippen LogP contribution in [0.4, 0.5) is 0 Å². The van der Waals surface area contributed by atoms with Gasteiger partial charge in [0, 0.05) is 5.38 Å². The van der Waals surface area contributed by atoms with Gasteiger partial charge < -0.3 is 0 Å². The molecule has 61 valence electrons. The van der Waals surface area contributed by atoms with Gasteiger partial charge in [-0.05, 0) is 19.3 Å². The minimum atomic E-state index is 0.0685. The van der Waals surface area contributed by atoms with E-state index in [1.54, 1.807) is 0 Å². The van der Waals surface area contributed by atoms with Crippen LogP contribution in [0.5, 0.6) is 0 Å². The van der Waals surface area contributed by atoms with Gasteiger partial charge in [-0.1, -0.05) is 19.8 Å². The van der Waals surface area contributed by atoms with Crippen molar-refractivity contribution in [2.45, 2.75) is 44.4 Å². The van der Waals surface area contributed by atoms with Crippen molar-refractivity contribution in [1.82, 2.24) is 0 Å². The largest absolute Gasteiger partial charge is 0.237 e. The van der Waals surface area contributed by atoms with Crippen molar-refractivity contribution in [2.24, 2.45) is 0 Å². The number of hydrogen-bond acceptors (Lipinski definition) is 0. The normalized spacial score (nSPS) is 13.5. The molecule has 0 aliphatic rings. The van der Waals surface area contributed by atoms with Gasteiger partial charge in [0.05, 0.1) is 6.61 Å². The first-order chi connectivity index (χ1) is 4.81. The first kappa shape index (κ1) is 10.2. The second-order valence-electron chi connectivity index (χ2n) is 2.56. The molecule has 2 heteroatoms. The highest BCUT2D eigenvalue weighted by atomic mass is 35.5. The lowest BCUT2D eigenvalue weighted by Crippen LogP contribution is -1.95. The Kier molecular flexibility index (Phi) is 7.54. The summed E-state index contributed by atoms with van der Waals surface area (Å²) in [5.41, 5.74) is 0. The van der Waals surface area contributed by atoms with E-state index in [1.165, 1.54) is 0 Å². The van der Waals surface area contributed by atoms with E-state index >= 15 is 0 Å². The summed E-state index contributed by atoms with van der Waals surface area (Å²) in [7, 11) is 0. The van der Waals surface area contributed by atoms with Gasteiger partial charge in [0.15, 0.2) is 0 Å². The smallest absolute Gasteiger partial charge is 0.0822 e. The maximum Gasteiger partial charge on any atom is 0.0822 e. The highest BCUT2D eigenvalue weighted by Crippen LogP contribution is 2.11. The molecule has 0 aliphatic heterocycles. The molecule has 0 rings (SSSR count). The third-order valence-corrected chi connectivity index (χ3v) is 2.13. The molecule has 0 heterocycles. The third-order valence-electron chi connectivity index (χ3n) is 1.60. The van der Waals surface area contributed by atoms with Crippen LogP contribution in [0, 0.1) is 0 Å². The molecule has 1 nitrogen and oxygen atoms in total. The van der Waals surface area contributed by atoms with Crippen molar-refractivity contribution in [3.05, 3.63) is 0 Å². The first-order valence-electron chi connectivity index (χ1n) is 4.03. The summed E-state index contributed by atoms with van der Waals surface area (Å²) in [5.74, 6) is 0. The molecule has 0 aromatic rings. The molecule has 0 saturated heterocycles. The second-order valence-corrected chi connectivity index (χ2v) is 3.18. The number of unbranched alkanes of at least 4 members (excludes halogenated alkanes) is 2. The second kappa shape index (κ2) is 7.36. The van der Waals surface area contributed by atoms with Gasteiger partial charge in [0.2, 0.25) is 0 Å². The quantitative estimate of drug-likeness (QED) is 0.424. The van der Waals surface area contributed by atoms with Gasteiger partial charge >= 0.3 is 0 Å². The van der Waals surface area contributed by atoms with Crippen molar-refractivity contribution < 1.29 is 5.11 Å². The van der Waals surface area contributed by atoms with E-state index in [0.717, 1.165) is 32.1 Å². The van der Waals surface area contributed by atoms with Gasteiger partial charge in [-0.3, -0.25) is 0 Å². The third kappa shape index (κ3) is 6.37. The minimum absolute atomic E-state index is 0.0685. The van der Waals surface area contributed by atoms with Gasteiger partial charge in [0.25, 0.3) is 0 Å². The Bertz CT molecular complexity index is 66.3. The molecule has 1 radical (unpaired) electrons. The van der Waals surface area contributed by atoms with E-state index < -0.39 is 0 Å². The lowest BCUT2D eigenvalue weighted by molar-refractivity contribution is 0.186. The Balaban J connectivity index is 2.89. The van der Waals surface area contributed by atoms with Gasteiger partial charge in [-0.2, -0.15) is 0 Å². The number of rotatable bonds is 6. The van der Waals surface area contributed by atoms with E-state index in [-0.39, 0.29) is 6.61 Å². The van der Waals surface area contributed by atoms with Crippen LogP contribution < -0.4 is 0 Å². The van der Waals surface area contributed by atoms with E-state index in [0.29, 0.717) is 5.38 Å². The zero-order chi connectivity index (χ0) is 7.82. The Labute approximate surface area is 68.4 Å². The van der Waals surface area contributed by atoms with Crippen LogP contribution in [-0.4, -0.2) is 12.0 Å². The average Bonchev–Trinajstić information content (AvgIpc) is 1.98. The van der Waals surface area contributed by atoms with E-state index in [9.17, 15) is 5.11 Å². The average molecular weight is 164 g/mol. The molecule has 0 aliphatic carbocycles. The number of alkyl halides is 1. The maximum atomic E-state index is 10.0. The molecule has 0 fully saturated rings. The monoisotopic (exact) mass is 163 g/mol. The fourth-order valence-electron chi connectivity index (χ4n) is 0.849. The minimum Gasteiger partial charge on any atom is -0.237 e. The maximum absolute atomic E-state index is 10.0. The summed E-state index contributed by atoms with van der Waals surface area (Å²) in [6.45, 7) is 2.16. The SMILES string of the molecule is CCC(Cl)CCCCC[O]. The molecular weight excluding hydrogens is 148 g/mol. The highest BCUT2D eigenvalue weighted by molar-refractivity contribution is 6.20. The molecule has 0 spiro atoms. The van der Waals surface area contributed by atoms with Gasteiger partial charge in [-0.25, -0.2) is 5.11 Å². The summed E-state index contributed by atoms with van der Waals surface area (Å²) in [4.78, 5) is 0. The van der Waals surface area contributed by atoms with E-state index in [4.69, 9.17) is 11.6 Å². The van der Waals surface area contributed by atoms with Crippen molar-refractivity contribution >= 4 is 11.6 Å². The first-order valence-corrected chi connectivity index (χ1v) is 4.47. The lowest BCUT2D eigenvalue weighted by atomic mass is 10.1. The zero-order valence-corrected chi connectivity index (χ0v) is 7.36. The molecule has 0 N–H and O–H groups in total. The van der Waals surface area contributed by atoms with E-state index in [2.05, 4.69) is 6.92 Å². The topological polar surface area (TPSA) is 19.9 Å². The predicted molar refractivity (Wildman–Crippen MR) is 44.0 cm³/mol. The lowest BCUT2D eigenvalue weighted by Gasteiger charge is -2.03. The van der Waals surface area contributed by atoms with Crippen molar-refractivity contribution in [3.63, 3.8) is 0 Å². The standard InChI is InChI=1S/C8H16ClO/c1-2-8(9)6-4-3-5-7-10/h8H,2-7H2,1H3. The fraction of sp³-hybridized carbons (Fsp3) is 1.00. The van der Waals surface area contributed by atoms with Crippen LogP contribution in [-0.2, 0) is 5.11 Å². The molecule has 0 aromatic heterocycles. The van der Waals surface area contributed by atoms with Crippen molar-refractivity contribution in [3.8, 4) is 0 Å². The van der Waals surface area contributed by atoms with Gasteiger partial charge in [-0.15, -0.1) is 11.6 Å². The molecule has 1 unspecified atom stereocenters. The summed E-state index contributed by atoms with van der Waals surface area (Å²) >= 11 is 5.87. The van der Waals surface area contributed by atoms with Crippen LogP contribution >= 0.6 is 11.6 Å². The Morgan fingerprint density at radius 3 is 2.50 bits per heavy atom. The van der Waals surface area contributed by atoms with Crippen LogP contribution in [0.15, 0.2) is 0 Å². The Hall–Kier alpha value is 0.250.